The average Bonchev–Trinajstić information content (AvgIpc) is 2.86. The Kier molecular flexibility index (Phi) is 3.83. The van der Waals surface area contributed by atoms with E-state index in [-0.39, 0.29) is 0 Å². The van der Waals surface area contributed by atoms with Gasteiger partial charge in [-0.05, 0) is 43.4 Å². The van der Waals surface area contributed by atoms with Crippen LogP contribution in [0.1, 0.15) is 19.3 Å². The first-order chi connectivity index (χ1) is 10.6. The van der Waals surface area contributed by atoms with Gasteiger partial charge in [-0.15, -0.1) is 0 Å². The number of pyridine rings is 1. The summed E-state index contributed by atoms with van der Waals surface area (Å²) in [5.74, 6) is 2.53. The van der Waals surface area contributed by atoms with Gasteiger partial charge >= 0.3 is 0 Å². The van der Waals surface area contributed by atoms with Gasteiger partial charge in [0.1, 0.15) is 11.0 Å². The van der Waals surface area contributed by atoms with E-state index in [1.165, 1.54) is 31.0 Å². The summed E-state index contributed by atoms with van der Waals surface area (Å²) in [5.41, 5.74) is 0.627. The summed E-state index contributed by atoms with van der Waals surface area (Å²) in [5, 5.41) is 2.38. The number of hydrogen-bond donors (Lipinski definition) is 0. The van der Waals surface area contributed by atoms with Crippen LogP contribution in [0.3, 0.4) is 0 Å². The molecular formula is C15H16Cl2N4S. The van der Waals surface area contributed by atoms with Gasteiger partial charge < -0.3 is 4.90 Å². The van der Waals surface area contributed by atoms with Crippen LogP contribution in [-0.2, 0) is 0 Å². The van der Waals surface area contributed by atoms with Gasteiger partial charge in [0.15, 0.2) is 10.8 Å². The van der Waals surface area contributed by atoms with E-state index in [9.17, 15) is 0 Å². The summed E-state index contributed by atoms with van der Waals surface area (Å²) in [7, 11) is 0. The van der Waals surface area contributed by atoms with Crippen LogP contribution in [0.25, 0.3) is 11.0 Å². The summed E-state index contributed by atoms with van der Waals surface area (Å²) >= 11 is 13.7. The molecule has 0 radical (unpaired) electrons. The SMILES string of the molecule is CSc1nc(N2CC3CCC(C3)C2)c2cc(Cl)c(Cl)nc2n1. The predicted molar refractivity (Wildman–Crippen MR) is 92.2 cm³/mol. The average molecular weight is 355 g/mol. The fourth-order valence-corrected chi connectivity index (χ4v) is 4.33. The molecule has 1 aliphatic heterocycles. The molecule has 2 aromatic rings. The van der Waals surface area contributed by atoms with E-state index in [1.807, 2.05) is 12.3 Å². The zero-order valence-corrected chi connectivity index (χ0v) is 14.5. The molecule has 0 amide bonds. The van der Waals surface area contributed by atoms with Crippen LogP contribution in [0.2, 0.25) is 10.2 Å². The number of halogens is 2. The third kappa shape index (κ3) is 2.53. The molecular weight excluding hydrogens is 339 g/mol. The number of aromatic nitrogens is 3. The quantitative estimate of drug-likeness (QED) is 0.457. The van der Waals surface area contributed by atoms with Crippen molar-refractivity contribution in [3.8, 4) is 0 Å². The third-order valence-electron chi connectivity index (χ3n) is 4.65. The highest BCUT2D eigenvalue weighted by Gasteiger charge is 2.34. The Hall–Kier alpha value is -0.780. The maximum absolute atomic E-state index is 6.17. The Morgan fingerprint density at radius 1 is 1.14 bits per heavy atom. The second-order valence-corrected chi connectivity index (χ2v) is 7.65. The molecule has 116 valence electrons. The summed E-state index contributed by atoms with van der Waals surface area (Å²) in [6, 6.07) is 1.85. The topological polar surface area (TPSA) is 41.9 Å². The summed E-state index contributed by atoms with van der Waals surface area (Å²) in [4.78, 5) is 15.9. The smallest absolute Gasteiger partial charge is 0.191 e. The van der Waals surface area contributed by atoms with Crippen molar-refractivity contribution in [1.29, 1.82) is 0 Å². The summed E-state index contributed by atoms with van der Waals surface area (Å²) < 4.78 is 0. The Morgan fingerprint density at radius 2 is 1.86 bits per heavy atom. The van der Waals surface area contributed by atoms with Gasteiger partial charge in [-0.1, -0.05) is 35.0 Å². The van der Waals surface area contributed by atoms with Crippen molar-refractivity contribution in [2.75, 3.05) is 24.2 Å². The number of piperidine rings is 1. The minimum absolute atomic E-state index is 0.296. The molecule has 3 heterocycles. The molecule has 2 unspecified atom stereocenters. The fraction of sp³-hybridized carbons (Fsp3) is 0.533. The van der Waals surface area contributed by atoms with E-state index in [2.05, 4.69) is 14.9 Å². The van der Waals surface area contributed by atoms with Crippen molar-refractivity contribution in [2.24, 2.45) is 11.8 Å². The lowest BCUT2D eigenvalue weighted by atomic mass is 9.99. The highest BCUT2D eigenvalue weighted by Crippen LogP contribution is 2.40. The molecule has 0 N–H and O–H groups in total. The number of rotatable bonds is 2. The maximum atomic E-state index is 6.17. The molecule has 2 fully saturated rings. The summed E-state index contributed by atoms with van der Waals surface area (Å²) in [6.07, 6.45) is 6.01. The molecule has 2 atom stereocenters. The normalized spacial score (nSPS) is 24.2. The van der Waals surface area contributed by atoms with Crippen molar-refractivity contribution in [1.82, 2.24) is 15.0 Å². The molecule has 1 saturated carbocycles. The summed E-state index contributed by atoms with van der Waals surface area (Å²) in [6.45, 7) is 2.13. The Morgan fingerprint density at radius 3 is 2.55 bits per heavy atom. The molecule has 1 aliphatic carbocycles. The minimum Gasteiger partial charge on any atom is -0.355 e. The zero-order chi connectivity index (χ0) is 15.3. The fourth-order valence-electron chi connectivity index (χ4n) is 3.69. The van der Waals surface area contributed by atoms with E-state index in [4.69, 9.17) is 28.2 Å². The van der Waals surface area contributed by atoms with E-state index in [0.717, 1.165) is 41.3 Å². The van der Waals surface area contributed by atoms with Crippen LogP contribution in [0.5, 0.6) is 0 Å². The van der Waals surface area contributed by atoms with Gasteiger partial charge in [-0.3, -0.25) is 0 Å². The van der Waals surface area contributed by atoms with Crippen molar-refractivity contribution in [3.05, 3.63) is 16.2 Å². The monoisotopic (exact) mass is 354 g/mol. The van der Waals surface area contributed by atoms with Crippen LogP contribution in [0.15, 0.2) is 11.2 Å². The van der Waals surface area contributed by atoms with Gasteiger partial charge in [-0.25, -0.2) is 15.0 Å². The number of fused-ring (bicyclic) bond motifs is 3. The van der Waals surface area contributed by atoms with Gasteiger partial charge in [0, 0.05) is 13.1 Å². The lowest BCUT2D eigenvalue weighted by Crippen LogP contribution is -2.37. The van der Waals surface area contributed by atoms with E-state index < -0.39 is 0 Å². The van der Waals surface area contributed by atoms with Gasteiger partial charge in [-0.2, -0.15) is 0 Å². The molecule has 0 aromatic carbocycles. The molecule has 4 rings (SSSR count). The van der Waals surface area contributed by atoms with Crippen LogP contribution < -0.4 is 4.90 Å². The lowest BCUT2D eigenvalue weighted by Gasteiger charge is -2.33. The van der Waals surface area contributed by atoms with Crippen LogP contribution >= 0.6 is 35.0 Å². The molecule has 2 aromatic heterocycles. The van der Waals surface area contributed by atoms with E-state index in [1.54, 1.807) is 0 Å². The number of thioether (sulfide) groups is 1. The van der Waals surface area contributed by atoms with Crippen molar-refractivity contribution >= 4 is 51.8 Å². The highest BCUT2D eigenvalue weighted by atomic mass is 35.5. The minimum atomic E-state index is 0.296. The van der Waals surface area contributed by atoms with Crippen LogP contribution in [-0.4, -0.2) is 34.3 Å². The van der Waals surface area contributed by atoms with E-state index in [0.29, 0.717) is 15.8 Å². The highest BCUT2D eigenvalue weighted by molar-refractivity contribution is 7.98. The molecule has 4 nitrogen and oxygen atoms in total. The first-order valence-corrected chi connectivity index (χ1v) is 9.45. The number of hydrogen-bond acceptors (Lipinski definition) is 5. The predicted octanol–water partition coefficient (Wildman–Crippen LogP) is 4.29. The van der Waals surface area contributed by atoms with Crippen LogP contribution in [0, 0.1) is 11.8 Å². The number of anilines is 1. The lowest BCUT2D eigenvalue weighted by molar-refractivity contribution is 0.419. The molecule has 2 bridgehead atoms. The Labute approximate surface area is 143 Å². The van der Waals surface area contributed by atoms with Gasteiger partial charge in [0.05, 0.1) is 10.4 Å². The van der Waals surface area contributed by atoms with E-state index >= 15 is 0 Å². The molecule has 22 heavy (non-hydrogen) atoms. The van der Waals surface area contributed by atoms with Crippen molar-refractivity contribution in [2.45, 2.75) is 24.4 Å². The second-order valence-electron chi connectivity index (χ2n) is 6.12. The first-order valence-electron chi connectivity index (χ1n) is 7.46. The zero-order valence-electron chi connectivity index (χ0n) is 12.2. The third-order valence-corrected chi connectivity index (χ3v) is 5.87. The maximum Gasteiger partial charge on any atom is 0.191 e. The largest absolute Gasteiger partial charge is 0.355 e. The van der Waals surface area contributed by atoms with Crippen molar-refractivity contribution in [3.63, 3.8) is 0 Å². The van der Waals surface area contributed by atoms with Crippen molar-refractivity contribution < 1.29 is 0 Å². The Bertz CT molecular complexity index is 727. The molecule has 2 aliphatic rings. The Balaban J connectivity index is 1.86. The number of nitrogens with zero attached hydrogens (tertiary/aromatic N) is 4. The first kappa shape index (κ1) is 14.8. The standard InChI is InChI=1S/C15H16Cl2N4S/c1-22-15-19-13-10(5-11(16)12(17)18-13)14(20-15)21-6-8-2-3-9(4-8)7-21/h5,8-9H,2-4,6-7H2,1H3. The van der Waals surface area contributed by atoms with Gasteiger partial charge in [0.25, 0.3) is 0 Å². The van der Waals surface area contributed by atoms with Crippen LogP contribution in [0.4, 0.5) is 5.82 Å². The van der Waals surface area contributed by atoms with Gasteiger partial charge in [0.2, 0.25) is 0 Å². The molecule has 1 saturated heterocycles. The molecule has 7 heteroatoms. The second kappa shape index (κ2) is 5.69. The molecule has 0 spiro atoms.